The van der Waals surface area contributed by atoms with Crippen LogP contribution in [-0.4, -0.2) is 31.6 Å². The Morgan fingerprint density at radius 2 is 2.31 bits per heavy atom. The molecule has 0 aromatic rings. The standard InChI is InChI=1S/C11H18O5/c1-5-14-10(12)8(2)9-6-7-11(3,13-4)16-15-9/h9H,2,5-7H2,1,3-4H3/t9-,11+/m1/s1. The molecule has 0 spiro atoms. The number of esters is 1. The van der Waals surface area contributed by atoms with Gasteiger partial charge in [-0.2, -0.15) is 0 Å². The maximum atomic E-state index is 11.4. The highest BCUT2D eigenvalue weighted by atomic mass is 17.2. The minimum Gasteiger partial charge on any atom is -0.463 e. The Bertz CT molecular complexity index is 266. The predicted molar refractivity (Wildman–Crippen MR) is 56.4 cm³/mol. The van der Waals surface area contributed by atoms with E-state index in [1.54, 1.807) is 21.0 Å². The van der Waals surface area contributed by atoms with E-state index in [1.165, 1.54) is 0 Å². The van der Waals surface area contributed by atoms with Crippen molar-refractivity contribution in [1.82, 2.24) is 0 Å². The highest BCUT2D eigenvalue weighted by Gasteiger charge is 2.36. The van der Waals surface area contributed by atoms with Gasteiger partial charge in [0.25, 0.3) is 0 Å². The third-order valence-electron chi connectivity index (χ3n) is 2.56. The summed E-state index contributed by atoms with van der Waals surface area (Å²) in [5, 5.41) is 0. The molecule has 16 heavy (non-hydrogen) atoms. The van der Waals surface area contributed by atoms with E-state index in [4.69, 9.17) is 19.2 Å². The summed E-state index contributed by atoms with van der Waals surface area (Å²) in [5.74, 6) is -1.19. The molecule has 5 heteroatoms. The van der Waals surface area contributed by atoms with E-state index in [9.17, 15) is 4.79 Å². The van der Waals surface area contributed by atoms with Crippen LogP contribution in [0.15, 0.2) is 12.2 Å². The Kier molecular flexibility index (Phi) is 4.46. The summed E-state index contributed by atoms with van der Waals surface area (Å²) >= 11 is 0. The zero-order chi connectivity index (χ0) is 12.2. The number of rotatable bonds is 4. The molecule has 5 nitrogen and oxygen atoms in total. The lowest BCUT2D eigenvalue weighted by Crippen LogP contribution is -2.40. The van der Waals surface area contributed by atoms with Crippen LogP contribution < -0.4 is 0 Å². The lowest BCUT2D eigenvalue weighted by molar-refractivity contribution is -0.453. The van der Waals surface area contributed by atoms with Gasteiger partial charge in [-0.1, -0.05) is 6.58 Å². The summed E-state index contributed by atoms with van der Waals surface area (Å²) in [5.41, 5.74) is 0.278. The van der Waals surface area contributed by atoms with Crippen molar-refractivity contribution in [3.8, 4) is 0 Å². The summed E-state index contributed by atoms with van der Waals surface area (Å²) < 4.78 is 9.95. The number of ether oxygens (including phenoxy) is 2. The van der Waals surface area contributed by atoms with Crippen LogP contribution in [0.3, 0.4) is 0 Å². The molecule has 0 amide bonds. The summed E-state index contributed by atoms with van der Waals surface area (Å²) in [6.07, 6.45) is 0.788. The molecule has 1 fully saturated rings. The minimum atomic E-state index is -0.745. The molecule has 1 saturated heterocycles. The first-order chi connectivity index (χ1) is 7.52. The SMILES string of the molecule is C=C(C(=O)OCC)[C@H]1CC[C@@](C)(OC)OO1. The Balaban J connectivity index is 2.47. The summed E-state index contributed by atoms with van der Waals surface area (Å²) in [4.78, 5) is 21.6. The van der Waals surface area contributed by atoms with E-state index in [2.05, 4.69) is 6.58 Å². The molecule has 0 saturated carbocycles. The van der Waals surface area contributed by atoms with Gasteiger partial charge in [-0.25, -0.2) is 14.6 Å². The van der Waals surface area contributed by atoms with Gasteiger partial charge in [-0.05, 0) is 20.3 Å². The number of carbonyl (C=O) groups excluding carboxylic acids is 1. The van der Waals surface area contributed by atoms with Crippen molar-refractivity contribution < 1.29 is 24.0 Å². The molecular weight excluding hydrogens is 212 g/mol. The van der Waals surface area contributed by atoms with Crippen molar-refractivity contribution in [2.24, 2.45) is 0 Å². The fraction of sp³-hybridized carbons (Fsp3) is 0.727. The normalized spacial score (nSPS) is 29.8. The van der Waals surface area contributed by atoms with Gasteiger partial charge >= 0.3 is 5.97 Å². The molecule has 0 bridgehead atoms. The van der Waals surface area contributed by atoms with E-state index in [0.717, 1.165) is 0 Å². The zero-order valence-electron chi connectivity index (χ0n) is 9.95. The van der Waals surface area contributed by atoms with Gasteiger partial charge in [-0.3, -0.25) is 0 Å². The fourth-order valence-electron chi connectivity index (χ4n) is 1.37. The zero-order valence-corrected chi connectivity index (χ0v) is 9.95. The summed E-state index contributed by atoms with van der Waals surface area (Å²) in [6.45, 7) is 7.49. The number of carbonyl (C=O) groups is 1. The van der Waals surface area contributed by atoms with Crippen molar-refractivity contribution in [3.05, 3.63) is 12.2 Å². The molecule has 0 N–H and O–H groups in total. The average molecular weight is 230 g/mol. The second-order valence-electron chi connectivity index (χ2n) is 3.79. The molecular formula is C11H18O5. The smallest absolute Gasteiger partial charge is 0.336 e. The molecule has 1 aliphatic heterocycles. The largest absolute Gasteiger partial charge is 0.463 e. The third kappa shape index (κ3) is 3.04. The maximum absolute atomic E-state index is 11.4. The van der Waals surface area contributed by atoms with Crippen molar-refractivity contribution in [2.75, 3.05) is 13.7 Å². The van der Waals surface area contributed by atoms with Crippen molar-refractivity contribution in [2.45, 2.75) is 38.6 Å². The van der Waals surface area contributed by atoms with Crippen LogP contribution in [0.2, 0.25) is 0 Å². The summed E-state index contributed by atoms with van der Waals surface area (Å²) in [6, 6.07) is 0. The molecule has 1 aliphatic rings. The van der Waals surface area contributed by atoms with Crippen LogP contribution in [0.1, 0.15) is 26.7 Å². The molecule has 0 unspecified atom stereocenters. The van der Waals surface area contributed by atoms with Crippen molar-refractivity contribution >= 4 is 5.97 Å². The molecule has 0 radical (unpaired) electrons. The van der Waals surface area contributed by atoms with E-state index >= 15 is 0 Å². The van der Waals surface area contributed by atoms with Gasteiger partial charge in [0.1, 0.15) is 6.10 Å². The lowest BCUT2D eigenvalue weighted by atomic mass is 10.0. The topological polar surface area (TPSA) is 54.0 Å². The van der Waals surface area contributed by atoms with Gasteiger partial charge in [0.2, 0.25) is 0 Å². The highest BCUT2D eigenvalue weighted by molar-refractivity contribution is 5.88. The Morgan fingerprint density at radius 1 is 1.62 bits per heavy atom. The van der Waals surface area contributed by atoms with Crippen molar-refractivity contribution in [1.29, 1.82) is 0 Å². The van der Waals surface area contributed by atoms with E-state index in [0.29, 0.717) is 19.4 Å². The van der Waals surface area contributed by atoms with Crippen LogP contribution in [0.5, 0.6) is 0 Å². The first-order valence-electron chi connectivity index (χ1n) is 5.28. The van der Waals surface area contributed by atoms with Crippen LogP contribution in [0, 0.1) is 0 Å². The quantitative estimate of drug-likeness (QED) is 0.417. The van der Waals surface area contributed by atoms with E-state index in [1.807, 2.05) is 0 Å². The van der Waals surface area contributed by atoms with Crippen LogP contribution >= 0.6 is 0 Å². The van der Waals surface area contributed by atoms with Crippen LogP contribution in [0.4, 0.5) is 0 Å². The number of methoxy groups -OCH3 is 1. The van der Waals surface area contributed by atoms with Gasteiger partial charge in [0.05, 0.1) is 12.2 Å². The Hall–Kier alpha value is -0.910. The summed E-state index contributed by atoms with van der Waals surface area (Å²) in [7, 11) is 1.55. The molecule has 1 heterocycles. The van der Waals surface area contributed by atoms with Crippen LogP contribution in [-0.2, 0) is 24.0 Å². The first kappa shape index (κ1) is 13.2. The Morgan fingerprint density at radius 3 is 2.75 bits per heavy atom. The first-order valence-corrected chi connectivity index (χ1v) is 5.28. The second kappa shape index (κ2) is 5.43. The van der Waals surface area contributed by atoms with Gasteiger partial charge in [0.15, 0.2) is 5.79 Å². The van der Waals surface area contributed by atoms with Gasteiger partial charge < -0.3 is 9.47 Å². The van der Waals surface area contributed by atoms with Crippen LogP contribution in [0.25, 0.3) is 0 Å². The monoisotopic (exact) mass is 230 g/mol. The molecule has 1 rings (SSSR count). The van der Waals surface area contributed by atoms with Gasteiger partial charge in [0, 0.05) is 13.5 Å². The number of hydrogen-bond donors (Lipinski definition) is 0. The van der Waals surface area contributed by atoms with Crippen molar-refractivity contribution in [3.63, 3.8) is 0 Å². The molecule has 92 valence electrons. The lowest BCUT2D eigenvalue weighted by Gasteiger charge is -2.34. The maximum Gasteiger partial charge on any atom is 0.336 e. The molecule has 0 aromatic carbocycles. The minimum absolute atomic E-state index is 0.278. The highest BCUT2D eigenvalue weighted by Crippen LogP contribution is 2.29. The fourth-order valence-corrected chi connectivity index (χ4v) is 1.37. The molecule has 2 atom stereocenters. The van der Waals surface area contributed by atoms with E-state index < -0.39 is 17.9 Å². The Labute approximate surface area is 95.2 Å². The average Bonchev–Trinajstić information content (AvgIpc) is 2.29. The molecule has 0 aliphatic carbocycles. The van der Waals surface area contributed by atoms with E-state index in [-0.39, 0.29) is 5.57 Å². The molecule has 0 aromatic heterocycles. The predicted octanol–water partition coefficient (Wildman–Crippen LogP) is 1.58. The van der Waals surface area contributed by atoms with Gasteiger partial charge in [-0.15, -0.1) is 0 Å². The third-order valence-corrected chi connectivity index (χ3v) is 2.56. The second-order valence-corrected chi connectivity index (χ2v) is 3.79. The number of hydrogen-bond acceptors (Lipinski definition) is 5.